The minimum absolute atomic E-state index is 0.0546. The summed E-state index contributed by atoms with van der Waals surface area (Å²) in [5, 5.41) is 14.7. The zero-order valence-electron chi connectivity index (χ0n) is 10.8. The minimum Gasteiger partial charge on any atom is -0.291 e. The van der Waals surface area contributed by atoms with Gasteiger partial charge in [-0.25, -0.2) is 10.4 Å². The molecule has 0 fully saturated rings. The lowest BCUT2D eigenvalue weighted by atomic mass is 10.2. The molecule has 0 aliphatic carbocycles. The maximum absolute atomic E-state index is 11.2. The highest BCUT2D eigenvalue weighted by Gasteiger charge is 2.11. The van der Waals surface area contributed by atoms with Crippen molar-refractivity contribution in [3.63, 3.8) is 0 Å². The van der Waals surface area contributed by atoms with Crippen LogP contribution in [0.15, 0.2) is 38.6 Å². The number of nitrogens with zero attached hydrogens (tertiary/aromatic N) is 3. The van der Waals surface area contributed by atoms with E-state index >= 15 is 0 Å². The number of halogens is 1. The molecule has 0 unspecified atom stereocenters. The number of nitrogens with one attached hydrogen (secondary N) is 2. The van der Waals surface area contributed by atoms with Gasteiger partial charge in [-0.1, -0.05) is 6.07 Å². The number of aromatic nitrogens is 2. The third kappa shape index (κ3) is 3.96. The van der Waals surface area contributed by atoms with Crippen LogP contribution in [0.5, 0.6) is 0 Å². The Bertz CT molecular complexity index is 772. The number of H-pyrrole nitrogens is 1. The van der Waals surface area contributed by atoms with Gasteiger partial charge in [0.1, 0.15) is 0 Å². The molecule has 0 bridgehead atoms. The highest BCUT2D eigenvalue weighted by molar-refractivity contribution is 9.10. The van der Waals surface area contributed by atoms with Crippen molar-refractivity contribution in [2.75, 3.05) is 5.43 Å². The molecule has 8 nitrogen and oxygen atoms in total. The van der Waals surface area contributed by atoms with Crippen molar-refractivity contribution in [3.8, 4) is 0 Å². The summed E-state index contributed by atoms with van der Waals surface area (Å²) in [5.41, 5.74) is 3.30. The summed E-state index contributed by atoms with van der Waals surface area (Å²) in [6.45, 7) is 1.68. The van der Waals surface area contributed by atoms with Crippen LogP contribution < -0.4 is 11.0 Å². The summed E-state index contributed by atoms with van der Waals surface area (Å²) in [6.07, 6.45) is 1.39. The van der Waals surface area contributed by atoms with Crippen molar-refractivity contribution < 1.29 is 4.92 Å². The lowest BCUT2D eigenvalue weighted by Gasteiger charge is -2.00. The standard InChI is InChI=1S/C12H10BrN5O3/c1-7-4-11(19)16-12(15-7)17-14-6-8-2-3-9(13)10(5-8)18(20)21/h2-6H,1H3,(H2,15,16,17,19)/b14-6-. The molecule has 108 valence electrons. The fourth-order valence-electron chi connectivity index (χ4n) is 1.55. The molecule has 0 radical (unpaired) electrons. The van der Waals surface area contributed by atoms with Crippen LogP contribution >= 0.6 is 15.9 Å². The predicted molar refractivity (Wildman–Crippen MR) is 81.6 cm³/mol. The van der Waals surface area contributed by atoms with Gasteiger partial charge in [-0.15, -0.1) is 0 Å². The van der Waals surface area contributed by atoms with Crippen molar-refractivity contribution in [3.05, 3.63) is 60.5 Å². The number of nitro benzene ring substituents is 1. The quantitative estimate of drug-likeness (QED) is 0.497. The Labute approximate surface area is 127 Å². The lowest BCUT2D eigenvalue weighted by molar-refractivity contribution is -0.385. The maximum Gasteiger partial charge on any atom is 0.284 e. The topological polar surface area (TPSA) is 113 Å². The first kappa shape index (κ1) is 14.9. The van der Waals surface area contributed by atoms with Crippen molar-refractivity contribution in [2.24, 2.45) is 5.10 Å². The van der Waals surface area contributed by atoms with Crippen LogP contribution in [-0.2, 0) is 0 Å². The van der Waals surface area contributed by atoms with E-state index in [1.54, 1.807) is 19.1 Å². The molecule has 0 spiro atoms. The highest BCUT2D eigenvalue weighted by Crippen LogP contribution is 2.24. The summed E-state index contributed by atoms with van der Waals surface area (Å²) in [7, 11) is 0. The second-order valence-corrected chi connectivity index (χ2v) is 4.93. The van der Waals surface area contributed by atoms with Crippen molar-refractivity contribution in [1.29, 1.82) is 0 Å². The van der Waals surface area contributed by atoms with Gasteiger partial charge < -0.3 is 0 Å². The molecule has 1 aromatic carbocycles. The van der Waals surface area contributed by atoms with E-state index in [1.165, 1.54) is 18.3 Å². The summed E-state index contributed by atoms with van der Waals surface area (Å²) in [5.74, 6) is 0.197. The van der Waals surface area contributed by atoms with Crippen LogP contribution in [0.25, 0.3) is 0 Å². The fraction of sp³-hybridized carbons (Fsp3) is 0.0833. The van der Waals surface area contributed by atoms with Crippen LogP contribution in [-0.4, -0.2) is 21.1 Å². The Hall–Kier alpha value is -2.55. The average Bonchev–Trinajstić information content (AvgIpc) is 2.39. The number of rotatable bonds is 4. The van der Waals surface area contributed by atoms with Gasteiger partial charge in [0.2, 0.25) is 5.95 Å². The normalized spacial score (nSPS) is 10.8. The van der Waals surface area contributed by atoms with Gasteiger partial charge in [0.15, 0.2) is 0 Å². The van der Waals surface area contributed by atoms with Gasteiger partial charge in [-0.2, -0.15) is 5.10 Å². The third-order valence-electron chi connectivity index (χ3n) is 2.42. The minimum atomic E-state index is -0.492. The Morgan fingerprint density at radius 3 is 2.90 bits per heavy atom. The number of nitro groups is 1. The molecule has 2 N–H and O–H groups in total. The molecule has 21 heavy (non-hydrogen) atoms. The number of anilines is 1. The van der Waals surface area contributed by atoms with E-state index < -0.39 is 4.92 Å². The van der Waals surface area contributed by atoms with Crippen molar-refractivity contribution in [1.82, 2.24) is 9.97 Å². The van der Waals surface area contributed by atoms with E-state index in [0.29, 0.717) is 15.7 Å². The van der Waals surface area contributed by atoms with Crippen LogP contribution in [0.1, 0.15) is 11.3 Å². The lowest BCUT2D eigenvalue weighted by Crippen LogP contribution is -2.10. The van der Waals surface area contributed by atoms with Gasteiger partial charge >= 0.3 is 0 Å². The average molecular weight is 352 g/mol. The predicted octanol–water partition coefficient (Wildman–Crippen LogP) is 2.20. The summed E-state index contributed by atoms with van der Waals surface area (Å²) < 4.78 is 0.391. The maximum atomic E-state index is 11.2. The Morgan fingerprint density at radius 2 is 2.24 bits per heavy atom. The van der Waals surface area contributed by atoms with E-state index in [2.05, 4.69) is 36.4 Å². The first-order chi connectivity index (χ1) is 9.95. The van der Waals surface area contributed by atoms with Crippen LogP contribution in [0, 0.1) is 17.0 Å². The van der Waals surface area contributed by atoms with E-state index in [1.807, 2.05) is 0 Å². The first-order valence-electron chi connectivity index (χ1n) is 5.76. The Morgan fingerprint density at radius 1 is 1.48 bits per heavy atom. The van der Waals surface area contributed by atoms with Crippen molar-refractivity contribution >= 4 is 33.8 Å². The molecule has 0 atom stereocenters. The second kappa shape index (κ2) is 6.27. The molecular weight excluding hydrogens is 342 g/mol. The Kier molecular flexibility index (Phi) is 4.43. The SMILES string of the molecule is Cc1cc(=O)[nH]c(N/N=C\c2ccc(Br)c([N+](=O)[O-])c2)n1. The first-order valence-corrected chi connectivity index (χ1v) is 6.56. The number of aryl methyl sites for hydroxylation is 1. The summed E-state index contributed by atoms with van der Waals surface area (Å²) in [4.78, 5) is 28.0. The zero-order chi connectivity index (χ0) is 15.4. The number of hydrogen-bond donors (Lipinski definition) is 2. The monoisotopic (exact) mass is 351 g/mol. The van der Waals surface area contributed by atoms with Gasteiger partial charge in [-0.05, 0) is 28.9 Å². The number of hydrazone groups is 1. The molecule has 0 saturated heterocycles. The molecular formula is C12H10BrN5O3. The highest BCUT2D eigenvalue weighted by atomic mass is 79.9. The number of benzene rings is 1. The van der Waals surface area contributed by atoms with E-state index in [9.17, 15) is 14.9 Å². The largest absolute Gasteiger partial charge is 0.291 e. The second-order valence-electron chi connectivity index (χ2n) is 4.07. The van der Waals surface area contributed by atoms with E-state index in [0.717, 1.165) is 0 Å². The fourth-order valence-corrected chi connectivity index (χ4v) is 1.94. The molecule has 9 heteroatoms. The molecule has 2 aromatic rings. The number of hydrogen-bond acceptors (Lipinski definition) is 6. The molecule has 0 saturated carbocycles. The van der Waals surface area contributed by atoms with E-state index in [4.69, 9.17) is 0 Å². The van der Waals surface area contributed by atoms with Crippen LogP contribution in [0.2, 0.25) is 0 Å². The third-order valence-corrected chi connectivity index (χ3v) is 3.09. The van der Waals surface area contributed by atoms with Gasteiger partial charge in [-0.3, -0.25) is 19.9 Å². The number of aromatic amines is 1. The molecule has 2 rings (SSSR count). The molecule has 0 aliphatic heterocycles. The molecule has 0 amide bonds. The summed E-state index contributed by atoms with van der Waals surface area (Å²) >= 11 is 3.10. The van der Waals surface area contributed by atoms with Crippen LogP contribution in [0.3, 0.4) is 0 Å². The smallest absolute Gasteiger partial charge is 0.284 e. The van der Waals surface area contributed by atoms with Gasteiger partial charge in [0, 0.05) is 23.4 Å². The Balaban J connectivity index is 2.16. The molecule has 0 aliphatic rings. The van der Waals surface area contributed by atoms with Gasteiger partial charge in [0.05, 0.1) is 15.6 Å². The zero-order valence-corrected chi connectivity index (χ0v) is 12.4. The van der Waals surface area contributed by atoms with E-state index in [-0.39, 0.29) is 17.2 Å². The molecule has 1 aromatic heterocycles. The van der Waals surface area contributed by atoms with Crippen LogP contribution in [0.4, 0.5) is 11.6 Å². The summed E-state index contributed by atoms with van der Waals surface area (Å²) in [6, 6.07) is 5.95. The van der Waals surface area contributed by atoms with Crippen molar-refractivity contribution in [2.45, 2.75) is 6.92 Å². The van der Waals surface area contributed by atoms with Gasteiger partial charge in [0.25, 0.3) is 11.2 Å². The molecule has 1 heterocycles.